The summed E-state index contributed by atoms with van der Waals surface area (Å²) in [5, 5.41) is 12.0. The van der Waals surface area contributed by atoms with Gasteiger partial charge in [-0.25, -0.2) is 9.38 Å². The van der Waals surface area contributed by atoms with Crippen LogP contribution in [0.5, 0.6) is 5.75 Å². The third-order valence-electron chi connectivity index (χ3n) is 7.15. The molecular formula is C35H33FN2O4. The minimum absolute atomic E-state index is 0.0586. The fraction of sp³-hybridized carbons (Fsp3) is 0.200. The van der Waals surface area contributed by atoms with Crippen molar-refractivity contribution < 1.29 is 23.8 Å². The fourth-order valence-electron chi connectivity index (χ4n) is 5.00. The molecule has 7 heteroatoms. The van der Waals surface area contributed by atoms with E-state index >= 15 is 0 Å². The second kappa shape index (κ2) is 13.3. The van der Waals surface area contributed by atoms with Crippen molar-refractivity contribution in [1.82, 2.24) is 5.32 Å². The Hall–Kier alpha value is -4.75. The van der Waals surface area contributed by atoms with E-state index in [1.807, 2.05) is 66.7 Å². The molecule has 4 aromatic carbocycles. The predicted octanol–water partition coefficient (Wildman–Crippen LogP) is 6.40. The molecule has 1 heterocycles. The van der Waals surface area contributed by atoms with Gasteiger partial charge in [-0.2, -0.15) is 0 Å². The molecule has 0 radical (unpaired) electrons. The van der Waals surface area contributed by atoms with E-state index in [1.165, 1.54) is 12.1 Å². The lowest BCUT2D eigenvalue weighted by Crippen LogP contribution is -2.47. The summed E-state index contributed by atoms with van der Waals surface area (Å²) >= 11 is 0. The van der Waals surface area contributed by atoms with Crippen LogP contribution in [0.2, 0.25) is 0 Å². The molecule has 0 saturated heterocycles. The first kappa shape index (κ1) is 28.8. The summed E-state index contributed by atoms with van der Waals surface area (Å²) in [7, 11) is 0. The number of carbonyl (C=O) groups excluding carboxylic acids is 1. The van der Waals surface area contributed by atoms with E-state index < -0.39 is 11.6 Å². The van der Waals surface area contributed by atoms with Crippen LogP contribution in [-0.4, -0.2) is 35.7 Å². The first-order valence-electron chi connectivity index (χ1n) is 13.9. The largest absolute Gasteiger partial charge is 0.494 e. The average molecular weight is 565 g/mol. The number of nitrogens with one attached hydrogen (secondary N) is 1. The van der Waals surface area contributed by atoms with Crippen LogP contribution in [-0.2, 0) is 16.1 Å². The highest BCUT2D eigenvalue weighted by Gasteiger charge is 2.52. The molecule has 0 aliphatic carbocycles. The summed E-state index contributed by atoms with van der Waals surface area (Å²) in [4.78, 5) is 18.9. The number of halogens is 1. The van der Waals surface area contributed by atoms with Crippen LogP contribution in [0.15, 0.2) is 121 Å². The van der Waals surface area contributed by atoms with Crippen LogP contribution < -0.4 is 10.1 Å². The molecule has 2 N–H and O–H groups in total. The predicted molar refractivity (Wildman–Crippen MR) is 162 cm³/mol. The van der Waals surface area contributed by atoms with Crippen LogP contribution in [0, 0.1) is 5.82 Å². The number of hydrogen-bond donors (Lipinski definition) is 2. The number of aliphatic hydroxyl groups is 1. The van der Waals surface area contributed by atoms with E-state index in [4.69, 9.17) is 19.6 Å². The van der Waals surface area contributed by atoms with Crippen molar-refractivity contribution in [3.8, 4) is 16.9 Å². The first-order valence-corrected chi connectivity index (χ1v) is 13.9. The van der Waals surface area contributed by atoms with Gasteiger partial charge in [0.2, 0.25) is 5.90 Å². The molecule has 4 aromatic rings. The molecule has 5 rings (SSSR count). The summed E-state index contributed by atoms with van der Waals surface area (Å²) < 4.78 is 25.9. The zero-order valence-electron chi connectivity index (χ0n) is 23.2. The highest BCUT2D eigenvalue weighted by Crippen LogP contribution is 2.43. The molecule has 1 aliphatic rings. The SMILES string of the molecule is C=CC[C@@]1(C(=O)NCc2cccc(F)c2)N=C(c2ccc(OCCCO)cc2)O[C@@H]1c1ccc(-c2ccccc2)cc1. The fourth-order valence-corrected chi connectivity index (χ4v) is 5.00. The van der Waals surface area contributed by atoms with Crippen molar-refractivity contribution in [3.63, 3.8) is 0 Å². The van der Waals surface area contributed by atoms with Crippen LogP contribution in [0.1, 0.15) is 35.6 Å². The van der Waals surface area contributed by atoms with E-state index in [9.17, 15) is 9.18 Å². The number of carbonyl (C=O) groups is 1. The zero-order chi connectivity index (χ0) is 29.4. The molecule has 0 aromatic heterocycles. The topological polar surface area (TPSA) is 80.2 Å². The quantitative estimate of drug-likeness (QED) is 0.154. The monoisotopic (exact) mass is 564 g/mol. The van der Waals surface area contributed by atoms with Gasteiger partial charge in [0.05, 0.1) is 6.61 Å². The molecule has 1 aliphatic heterocycles. The van der Waals surface area contributed by atoms with Gasteiger partial charge in [0.25, 0.3) is 5.91 Å². The van der Waals surface area contributed by atoms with Gasteiger partial charge in [0.15, 0.2) is 11.6 Å². The van der Waals surface area contributed by atoms with E-state index in [0.29, 0.717) is 35.8 Å². The van der Waals surface area contributed by atoms with Gasteiger partial charge in [0, 0.05) is 31.6 Å². The Morgan fingerprint density at radius 1 is 0.976 bits per heavy atom. The Labute approximate surface area is 245 Å². The summed E-state index contributed by atoms with van der Waals surface area (Å²) in [6.45, 7) is 4.52. The van der Waals surface area contributed by atoms with Gasteiger partial charge in [0.1, 0.15) is 11.6 Å². The summed E-state index contributed by atoms with van der Waals surface area (Å²) in [5.74, 6) is 0.274. The third kappa shape index (κ3) is 6.42. The van der Waals surface area contributed by atoms with E-state index in [-0.39, 0.29) is 31.3 Å². The van der Waals surface area contributed by atoms with E-state index in [2.05, 4.69) is 11.9 Å². The number of aliphatic hydroxyl groups excluding tert-OH is 1. The minimum atomic E-state index is -1.34. The van der Waals surface area contributed by atoms with Gasteiger partial charge in [-0.3, -0.25) is 4.79 Å². The maximum atomic E-state index is 14.0. The summed E-state index contributed by atoms with van der Waals surface area (Å²) in [6, 6.07) is 31.4. The van der Waals surface area contributed by atoms with Gasteiger partial charge >= 0.3 is 0 Å². The van der Waals surface area contributed by atoms with Gasteiger partial charge in [-0.1, -0.05) is 72.8 Å². The molecule has 0 fully saturated rings. The molecule has 0 unspecified atom stereocenters. The van der Waals surface area contributed by atoms with E-state index in [0.717, 1.165) is 16.7 Å². The zero-order valence-corrected chi connectivity index (χ0v) is 23.2. The van der Waals surface area contributed by atoms with Crippen LogP contribution in [0.4, 0.5) is 4.39 Å². The lowest BCUT2D eigenvalue weighted by atomic mass is 9.84. The molecule has 0 saturated carbocycles. The Morgan fingerprint density at radius 2 is 1.69 bits per heavy atom. The van der Waals surface area contributed by atoms with Crippen molar-refractivity contribution in [2.75, 3.05) is 13.2 Å². The first-order chi connectivity index (χ1) is 20.5. The maximum absolute atomic E-state index is 14.0. The molecule has 6 nitrogen and oxygen atoms in total. The molecule has 42 heavy (non-hydrogen) atoms. The molecule has 2 atom stereocenters. The highest BCUT2D eigenvalue weighted by molar-refractivity contribution is 6.01. The number of nitrogens with zero attached hydrogens (tertiary/aromatic N) is 1. The van der Waals surface area contributed by atoms with Crippen LogP contribution >= 0.6 is 0 Å². The standard InChI is InChI=1S/C35H33FN2O4/c1-2-20-35(34(40)37-24-25-8-6-11-30(36)23-25)32(28-14-12-27(13-15-28)26-9-4-3-5-10-26)42-33(38-35)29-16-18-31(19-17-29)41-22-7-21-39/h2-6,8-19,23,32,39H,1,7,20-22,24H2,(H,37,40)/t32-,35-/m1/s1. The molecule has 214 valence electrons. The lowest BCUT2D eigenvalue weighted by Gasteiger charge is -2.30. The normalized spacial score (nSPS) is 17.7. The van der Waals surface area contributed by atoms with Gasteiger partial charge in [-0.15, -0.1) is 6.58 Å². The summed E-state index contributed by atoms with van der Waals surface area (Å²) in [6.07, 6.45) is 1.69. The number of hydrogen-bond acceptors (Lipinski definition) is 5. The van der Waals surface area contributed by atoms with Crippen LogP contribution in [0.3, 0.4) is 0 Å². The third-order valence-corrected chi connectivity index (χ3v) is 7.15. The smallest absolute Gasteiger partial charge is 0.252 e. The number of rotatable bonds is 12. The second-order valence-electron chi connectivity index (χ2n) is 10.1. The van der Waals surface area contributed by atoms with Crippen molar-refractivity contribution in [2.24, 2.45) is 4.99 Å². The van der Waals surface area contributed by atoms with Gasteiger partial charge < -0.3 is 19.9 Å². The number of benzene rings is 4. The average Bonchev–Trinajstić information content (AvgIpc) is 3.41. The highest BCUT2D eigenvalue weighted by atomic mass is 19.1. The van der Waals surface area contributed by atoms with E-state index in [1.54, 1.807) is 30.3 Å². The lowest BCUT2D eigenvalue weighted by molar-refractivity contribution is -0.129. The summed E-state index contributed by atoms with van der Waals surface area (Å²) in [5.41, 5.74) is 2.91. The number of aliphatic imine (C=N–C) groups is 1. The molecule has 0 bridgehead atoms. The Balaban J connectivity index is 1.47. The maximum Gasteiger partial charge on any atom is 0.252 e. The minimum Gasteiger partial charge on any atom is -0.494 e. The van der Waals surface area contributed by atoms with Crippen LogP contribution in [0.25, 0.3) is 11.1 Å². The Kier molecular flexibility index (Phi) is 9.09. The van der Waals surface area contributed by atoms with Crippen molar-refractivity contribution in [3.05, 3.63) is 138 Å². The molecule has 0 spiro atoms. The number of amides is 1. The molecular weight excluding hydrogens is 531 g/mol. The second-order valence-corrected chi connectivity index (χ2v) is 10.1. The van der Waals surface area contributed by atoms with Crippen molar-refractivity contribution in [2.45, 2.75) is 31.0 Å². The van der Waals surface area contributed by atoms with Gasteiger partial charge in [-0.05, 0) is 58.7 Å². The number of ether oxygens (including phenoxy) is 2. The Bertz CT molecular complexity index is 1540. The van der Waals surface area contributed by atoms with Crippen molar-refractivity contribution >= 4 is 11.8 Å². The van der Waals surface area contributed by atoms with Crippen molar-refractivity contribution in [1.29, 1.82) is 0 Å². The molecule has 1 amide bonds. The Morgan fingerprint density at radius 3 is 2.38 bits per heavy atom.